The smallest absolute Gasteiger partial charge is 0.328 e. The number of carbonyl (C=O) groups is 3. The van der Waals surface area contributed by atoms with Crippen LogP contribution in [0.1, 0.15) is 18.4 Å². The normalized spacial score (nSPS) is 11.6. The van der Waals surface area contributed by atoms with Crippen molar-refractivity contribution in [3.05, 3.63) is 48.0 Å². The Morgan fingerprint density at radius 2 is 1.68 bits per heavy atom. The number of carbonyl (C=O) groups excluding carboxylic acids is 3. The first-order valence-corrected chi connectivity index (χ1v) is 7.95. The number of hydrogen-bond acceptors (Lipinski definition) is 5. The SMILES string of the molecule is COC(=O)CCC(=O)N[C@@H](Cc1ccc2ccccc2c1)C(=O)OC. The Morgan fingerprint density at radius 1 is 0.960 bits per heavy atom. The first kappa shape index (κ1) is 18.4. The summed E-state index contributed by atoms with van der Waals surface area (Å²) in [4.78, 5) is 35.1. The van der Waals surface area contributed by atoms with Crippen LogP contribution < -0.4 is 5.32 Å². The number of ether oxygens (including phenoxy) is 2. The lowest BCUT2D eigenvalue weighted by molar-refractivity contribution is -0.145. The average Bonchev–Trinajstić information content (AvgIpc) is 2.64. The summed E-state index contributed by atoms with van der Waals surface area (Å²) in [6.45, 7) is 0. The Balaban J connectivity index is 2.07. The van der Waals surface area contributed by atoms with Crippen molar-refractivity contribution in [2.45, 2.75) is 25.3 Å². The lowest BCUT2D eigenvalue weighted by Crippen LogP contribution is -2.43. The van der Waals surface area contributed by atoms with Gasteiger partial charge in [-0.25, -0.2) is 4.79 Å². The molecular formula is C19H21NO5. The monoisotopic (exact) mass is 343 g/mol. The van der Waals surface area contributed by atoms with Crippen molar-refractivity contribution in [2.75, 3.05) is 14.2 Å². The molecule has 6 heteroatoms. The topological polar surface area (TPSA) is 81.7 Å². The molecule has 2 rings (SSSR count). The van der Waals surface area contributed by atoms with E-state index in [9.17, 15) is 14.4 Å². The third-order valence-electron chi connectivity index (χ3n) is 3.86. The summed E-state index contributed by atoms with van der Waals surface area (Å²) in [6.07, 6.45) is 0.228. The van der Waals surface area contributed by atoms with E-state index in [4.69, 9.17) is 4.74 Å². The van der Waals surface area contributed by atoms with Crippen LogP contribution in [0.5, 0.6) is 0 Å². The lowest BCUT2D eigenvalue weighted by Gasteiger charge is -2.17. The quantitative estimate of drug-likeness (QED) is 0.778. The highest BCUT2D eigenvalue weighted by Crippen LogP contribution is 2.17. The molecule has 0 fully saturated rings. The highest BCUT2D eigenvalue weighted by Gasteiger charge is 2.22. The van der Waals surface area contributed by atoms with E-state index < -0.39 is 23.9 Å². The van der Waals surface area contributed by atoms with Crippen LogP contribution in [-0.2, 0) is 30.3 Å². The van der Waals surface area contributed by atoms with Crippen molar-refractivity contribution in [1.82, 2.24) is 5.32 Å². The minimum absolute atomic E-state index is 0.0355. The van der Waals surface area contributed by atoms with E-state index in [-0.39, 0.29) is 12.8 Å². The molecule has 25 heavy (non-hydrogen) atoms. The molecule has 0 spiro atoms. The molecular weight excluding hydrogens is 322 g/mol. The third kappa shape index (κ3) is 5.31. The first-order chi connectivity index (χ1) is 12.0. The van der Waals surface area contributed by atoms with Crippen LogP contribution in [0.25, 0.3) is 10.8 Å². The molecule has 0 unspecified atom stereocenters. The maximum Gasteiger partial charge on any atom is 0.328 e. The highest BCUT2D eigenvalue weighted by atomic mass is 16.5. The van der Waals surface area contributed by atoms with Gasteiger partial charge in [-0.3, -0.25) is 9.59 Å². The van der Waals surface area contributed by atoms with Crippen molar-refractivity contribution in [3.63, 3.8) is 0 Å². The molecule has 0 saturated carbocycles. The number of fused-ring (bicyclic) bond motifs is 1. The molecule has 1 amide bonds. The Kier molecular flexibility index (Phi) is 6.51. The molecule has 0 aromatic heterocycles. The number of esters is 2. The van der Waals surface area contributed by atoms with Gasteiger partial charge in [0.05, 0.1) is 20.6 Å². The van der Waals surface area contributed by atoms with Crippen molar-refractivity contribution in [2.24, 2.45) is 0 Å². The maximum absolute atomic E-state index is 12.0. The van der Waals surface area contributed by atoms with Gasteiger partial charge in [0.15, 0.2) is 0 Å². The van der Waals surface area contributed by atoms with Crippen LogP contribution in [0.4, 0.5) is 0 Å². The molecule has 6 nitrogen and oxygen atoms in total. The zero-order valence-corrected chi connectivity index (χ0v) is 14.3. The van der Waals surface area contributed by atoms with E-state index in [1.165, 1.54) is 14.2 Å². The summed E-state index contributed by atoms with van der Waals surface area (Å²) in [5, 5.41) is 4.78. The molecule has 0 saturated heterocycles. The summed E-state index contributed by atoms with van der Waals surface area (Å²) >= 11 is 0. The van der Waals surface area contributed by atoms with Crippen LogP contribution in [0, 0.1) is 0 Å². The van der Waals surface area contributed by atoms with Gasteiger partial charge in [-0.2, -0.15) is 0 Å². The molecule has 2 aromatic carbocycles. The van der Waals surface area contributed by atoms with E-state index in [1.54, 1.807) is 0 Å². The summed E-state index contributed by atoms with van der Waals surface area (Å²) in [5.74, 6) is -1.40. The molecule has 1 atom stereocenters. The molecule has 0 radical (unpaired) electrons. The number of amides is 1. The maximum atomic E-state index is 12.0. The predicted octanol–water partition coefficient (Wildman–Crippen LogP) is 1.99. The van der Waals surface area contributed by atoms with Gasteiger partial charge in [-0.15, -0.1) is 0 Å². The van der Waals surface area contributed by atoms with Gasteiger partial charge in [0.25, 0.3) is 0 Å². The second kappa shape index (κ2) is 8.82. The highest BCUT2D eigenvalue weighted by molar-refractivity contribution is 5.87. The largest absolute Gasteiger partial charge is 0.469 e. The van der Waals surface area contributed by atoms with E-state index in [2.05, 4.69) is 10.1 Å². The molecule has 2 aromatic rings. The summed E-state index contributed by atoms with van der Waals surface area (Å²) in [5.41, 5.74) is 0.905. The molecule has 1 N–H and O–H groups in total. The lowest BCUT2D eigenvalue weighted by atomic mass is 10.0. The fraction of sp³-hybridized carbons (Fsp3) is 0.316. The third-order valence-corrected chi connectivity index (χ3v) is 3.86. The minimum atomic E-state index is -0.809. The van der Waals surface area contributed by atoms with Crippen molar-refractivity contribution >= 4 is 28.6 Å². The number of nitrogens with one attached hydrogen (secondary N) is 1. The van der Waals surface area contributed by atoms with Crippen molar-refractivity contribution in [1.29, 1.82) is 0 Å². The van der Waals surface area contributed by atoms with Crippen LogP contribution in [-0.4, -0.2) is 38.1 Å². The second-order valence-corrected chi connectivity index (χ2v) is 5.61. The zero-order chi connectivity index (χ0) is 18.2. The van der Waals surface area contributed by atoms with Gasteiger partial charge < -0.3 is 14.8 Å². The Bertz CT molecular complexity index is 771. The fourth-order valence-corrected chi connectivity index (χ4v) is 2.52. The van der Waals surface area contributed by atoms with Gasteiger partial charge in [-0.1, -0.05) is 42.5 Å². The predicted molar refractivity (Wildman–Crippen MR) is 92.8 cm³/mol. The molecule has 0 aliphatic heterocycles. The molecule has 0 aliphatic rings. The van der Waals surface area contributed by atoms with Gasteiger partial charge >= 0.3 is 11.9 Å². The van der Waals surface area contributed by atoms with Gasteiger partial charge in [0, 0.05) is 12.8 Å². The molecule has 132 valence electrons. The zero-order valence-electron chi connectivity index (χ0n) is 14.3. The Labute approximate surface area is 146 Å². The van der Waals surface area contributed by atoms with Gasteiger partial charge in [-0.05, 0) is 16.3 Å². The Morgan fingerprint density at radius 3 is 2.36 bits per heavy atom. The van der Waals surface area contributed by atoms with Crippen molar-refractivity contribution in [3.8, 4) is 0 Å². The molecule has 0 aliphatic carbocycles. The summed E-state index contributed by atoms with van der Waals surface area (Å²) in [7, 11) is 2.54. The number of hydrogen-bond donors (Lipinski definition) is 1. The van der Waals surface area contributed by atoms with Gasteiger partial charge in [0.2, 0.25) is 5.91 Å². The summed E-state index contributed by atoms with van der Waals surface area (Å²) < 4.78 is 9.27. The average molecular weight is 343 g/mol. The van der Waals surface area contributed by atoms with Crippen LogP contribution >= 0.6 is 0 Å². The second-order valence-electron chi connectivity index (χ2n) is 5.61. The van der Waals surface area contributed by atoms with Crippen LogP contribution in [0.15, 0.2) is 42.5 Å². The van der Waals surface area contributed by atoms with E-state index >= 15 is 0 Å². The molecule has 0 bridgehead atoms. The first-order valence-electron chi connectivity index (χ1n) is 7.95. The fourth-order valence-electron chi connectivity index (χ4n) is 2.52. The Hall–Kier alpha value is -2.89. The number of rotatable bonds is 7. The van der Waals surface area contributed by atoms with Crippen LogP contribution in [0.3, 0.4) is 0 Å². The minimum Gasteiger partial charge on any atom is -0.469 e. The van der Waals surface area contributed by atoms with E-state index in [0.717, 1.165) is 16.3 Å². The number of benzene rings is 2. The van der Waals surface area contributed by atoms with E-state index in [1.807, 2.05) is 42.5 Å². The molecule has 0 heterocycles. The summed E-state index contributed by atoms with van der Waals surface area (Å²) in [6, 6.07) is 12.9. The van der Waals surface area contributed by atoms with Crippen molar-refractivity contribution < 1.29 is 23.9 Å². The van der Waals surface area contributed by atoms with Crippen LogP contribution in [0.2, 0.25) is 0 Å². The standard InChI is InChI=1S/C19H21NO5/c1-24-18(22)10-9-17(21)20-16(19(23)25-2)12-13-7-8-14-5-3-4-6-15(14)11-13/h3-8,11,16H,9-10,12H2,1-2H3,(H,20,21)/t16-/m0/s1. The number of methoxy groups -OCH3 is 2. The van der Waals surface area contributed by atoms with E-state index in [0.29, 0.717) is 6.42 Å². The van der Waals surface area contributed by atoms with Gasteiger partial charge in [0.1, 0.15) is 6.04 Å².